The molecular weight excluding hydrogens is 360 g/mol. The maximum Gasteiger partial charge on any atom is 0.0594 e. The maximum atomic E-state index is 5.40. The van der Waals surface area contributed by atoms with Crippen LogP contribution in [0.4, 0.5) is 0 Å². The van der Waals surface area contributed by atoms with Crippen molar-refractivity contribution in [3.8, 4) is 0 Å². The second kappa shape index (κ2) is 13.3. The van der Waals surface area contributed by atoms with Gasteiger partial charge in [0.1, 0.15) is 0 Å². The van der Waals surface area contributed by atoms with E-state index in [4.69, 9.17) is 4.74 Å². The average Bonchev–Trinajstić information content (AvgIpc) is 2.76. The summed E-state index contributed by atoms with van der Waals surface area (Å²) in [5.41, 5.74) is 2.76. The number of ether oxygens (including phenoxy) is 1. The molecule has 2 heterocycles. The SMILES string of the molecule is CC1CCCCN1CCCNCc1ccc(CNCCCN2CCOCC2)cc1. The van der Waals surface area contributed by atoms with Crippen LogP contribution >= 0.6 is 0 Å². The van der Waals surface area contributed by atoms with Gasteiger partial charge in [-0.25, -0.2) is 0 Å². The van der Waals surface area contributed by atoms with E-state index in [0.717, 1.165) is 58.5 Å². The fourth-order valence-corrected chi connectivity index (χ4v) is 4.39. The van der Waals surface area contributed by atoms with Crippen LogP contribution in [0.2, 0.25) is 0 Å². The molecule has 0 saturated carbocycles. The van der Waals surface area contributed by atoms with Crippen LogP contribution in [-0.2, 0) is 17.8 Å². The topological polar surface area (TPSA) is 39.8 Å². The highest BCUT2D eigenvalue weighted by Crippen LogP contribution is 2.16. The molecule has 5 nitrogen and oxygen atoms in total. The van der Waals surface area contributed by atoms with Gasteiger partial charge in [-0.05, 0) is 76.5 Å². The molecule has 0 spiro atoms. The molecule has 164 valence electrons. The minimum Gasteiger partial charge on any atom is -0.379 e. The normalized spacial score (nSPS) is 21.5. The first kappa shape index (κ1) is 22.7. The van der Waals surface area contributed by atoms with Crippen molar-refractivity contribution in [1.82, 2.24) is 20.4 Å². The molecule has 29 heavy (non-hydrogen) atoms. The van der Waals surface area contributed by atoms with E-state index in [2.05, 4.69) is 51.6 Å². The molecule has 1 atom stereocenters. The van der Waals surface area contributed by atoms with E-state index in [1.54, 1.807) is 0 Å². The van der Waals surface area contributed by atoms with Gasteiger partial charge in [-0.3, -0.25) is 4.90 Å². The summed E-state index contributed by atoms with van der Waals surface area (Å²) in [7, 11) is 0. The molecule has 5 heteroatoms. The molecular formula is C24H42N4O. The molecule has 2 N–H and O–H groups in total. The summed E-state index contributed by atoms with van der Waals surface area (Å²) in [4.78, 5) is 5.16. The van der Waals surface area contributed by atoms with Crippen LogP contribution in [-0.4, -0.2) is 74.9 Å². The largest absolute Gasteiger partial charge is 0.379 e. The van der Waals surface area contributed by atoms with Crippen molar-refractivity contribution < 1.29 is 4.74 Å². The zero-order chi connectivity index (χ0) is 20.2. The number of hydrogen-bond acceptors (Lipinski definition) is 5. The average molecular weight is 403 g/mol. The Morgan fingerprint density at radius 3 is 2.10 bits per heavy atom. The van der Waals surface area contributed by atoms with E-state index in [1.807, 2.05) is 0 Å². The summed E-state index contributed by atoms with van der Waals surface area (Å²) in [6.45, 7) is 14.2. The molecule has 1 aromatic carbocycles. The summed E-state index contributed by atoms with van der Waals surface area (Å²) in [5, 5.41) is 7.19. The highest BCUT2D eigenvalue weighted by Gasteiger charge is 2.16. The fourth-order valence-electron chi connectivity index (χ4n) is 4.39. The smallest absolute Gasteiger partial charge is 0.0594 e. The number of morpholine rings is 1. The van der Waals surface area contributed by atoms with E-state index >= 15 is 0 Å². The first-order valence-electron chi connectivity index (χ1n) is 11.8. The number of piperidine rings is 1. The summed E-state index contributed by atoms with van der Waals surface area (Å²) in [6, 6.07) is 9.85. The Balaban J connectivity index is 1.20. The number of hydrogen-bond donors (Lipinski definition) is 2. The second-order valence-electron chi connectivity index (χ2n) is 8.71. The standard InChI is InChI=1S/C24H42N4O/c1-22-6-2-3-14-28(22)15-5-12-26-21-24-9-7-23(8-10-24)20-25-11-4-13-27-16-18-29-19-17-27/h7-10,22,25-26H,2-6,11-21H2,1H3. The van der Waals surface area contributed by atoms with Crippen LogP contribution in [0.5, 0.6) is 0 Å². The van der Waals surface area contributed by atoms with E-state index in [9.17, 15) is 0 Å². The van der Waals surface area contributed by atoms with Crippen LogP contribution in [0.25, 0.3) is 0 Å². The van der Waals surface area contributed by atoms with Crippen molar-refractivity contribution in [3.63, 3.8) is 0 Å². The lowest BCUT2D eigenvalue weighted by Gasteiger charge is -2.33. The predicted octanol–water partition coefficient (Wildman–Crippen LogP) is 2.85. The zero-order valence-corrected chi connectivity index (χ0v) is 18.5. The fraction of sp³-hybridized carbons (Fsp3) is 0.750. The Kier molecular flexibility index (Phi) is 10.4. The minimum absolute atomic E-state index is 0.782. The molecule has 1 unspecified atom stereocenters. The van der Waals surface area contributed by atoms with Gasteiger partial charge in [-0.15, -0.1) is 0 Å². The molecule has 2 saturated heterocycles. The Bertz CT molecular complexity index is 544. The van der Waals surface area contributed by atoms with Crippen LogP contribution in [0.15, 0.2) is 24.3 Å². The van der Waals surface area contributed by atoms with Crippen molar-refractivity contribution in [3.05, 3.63) is 35.4 Å². The first-order valence-corrected chi connectivity index (χ1v) is 11.8. The Hall–Kier alpha value is -0.980. The van der Waals surface area contributed by atoms with E-state index in [0.29, 0.717) is 0 Å². The monoisotopic (exact) mass is 402 g/mol. The van der Waals surface area contributed by atoms with Crippen LogP contribution < -0.4 is 10.6 Å². The van der Waals surface area contributed by atoms with E-state index < -0.39 is 0 Å². The Morgan fingerprint density at radius 2 is 1.48 bits per heavy atom. The number of rotatable bonds is 12. The number of nitrogens with one attached hydrogen (secondary N) is 2. The van der Waals surface area contributed by atoms with Gasteiger partial charge in [0, 0.05) is 32.2 Å². The van der Waals surface area contributed by atoms with Crippen molar-refractivity contribution in [2.45, 2.75) is 58.2 Å². The molecule has 3 rings (SSSR count). The van der Waals surface area contributed by atoms with Crippen molar-refractivity contribution in [1.29, 1.82) is 0 Å². The van der Waals surface area contributed by atoms with Gasteiger partial charge in [-0.1, -0.05) is 30.7 Å². The summed E-state index contributed by atoms with van der Waals surface area (Å²) < 4.78 is 5.40. The highest BCUT2D eigenvalue weighted by molar-refractivity contribution is 5.22. The van der Waals surface area contributed by atoms with Gasteiger partial charge in [-0.2, -0.15) is 0 Å². The van der Waals surface area contributed by atoms with Crippen LogP contribution in [0, 0.1) is 0 Å². The Morgan fingerprint density at radius 1 is 0.862 bits per heavy atom. The third-order valence-electron chi connectivity index (χ3n) is 6.35. The molecule has 0 bridgehead atoms. The Labute approximate surface area is 178 Å². The number of benzene rings is 1. The van der Waals surface area contributed by atoms with Crippen LogP contribution in [0.1, 0.15) is 50.2 Å². The zero-order valence-electron chi connectivity index (χ0n) is 18.5. The van der Waals surface area contributed by atoms with Crippen molar-refractivity contribution in [2.24, 2.45) is 0 Å². The molecule has 2 aliphatic heterocycles. The van der Waals surface area contributed by atoms with Crippen molar-refractivity contribution >= 4 is 0 Å². The minimum atomic E-state index is 0.782. The summed E-state index contributed by atoms with van der Waals surface area (Å²) in [6.07, 6.45) is 6.63. The third-order valence-corrected chi connectivity index (χ3v) is 6.35. The predicted molar refractivity (Wildman–Crippen MR) is 121 cm³/mol. The van der Waals surface area contributed by atoms with Gasteiger partial charge in [0.2, 0.25) is 0 Å². The van der Waals surface area contributed by atoms with Crippen LogP contribution in [0.3, 0.4) is 0 Å². The van der Waals surface area contributed by atoms with Gasteiger partial charge < -0.3 is 20.3 Å². The number of likely N-dealkylation sites (tertiary alicyclic amines) is 1. The lowest BCUT2D eigenvalue weighted by Crippen LogP contribution is -2.38. The third kappa shape index (κ3) is 8.73. The molecule has 0 amide bonds. The second-order valence-corrected chi connectivity index (χ2v) is 8.71. The van der Waals surface area contributed by atoms with E-state index in [1.165, 1.54) is 62.9 Å². The molecule has 0 radical (unpaired) electrons. The van der Waals surface area contributed by atoms with Gasteiger partial charge >= 0.3 is 0 Å². The first-order chi connectivity index (χ1) is 14.3. The maximum absolute atomic E-state index is 5.40. The molecule has 0 aromatic heterocycles. The molecule has 0 aliphatic carbocycles. The lowest BCUT2D eigenvalue weighted by molar-refractivity contribution is 0.0374. The summed E-state index contributed by atoms with van der Waals surface area (Å²) >= 11 is 0. The van der Waals surface area contributed by atoms with Gasteiger partial charge in [0.15, 0.2) is 0 Å². The quantitative estimate of drug-likeness (QED) is 0.526. The van der Waals surface area contributed by atoms with Gasteiger partial charge in [0.25, 0.3) is 0 Å². The van der Waals surface area contributed by atoms with Gasteiger partial charge in [0.05, 0.1) is 13.2 Å². The lowest BCUT2D eigenvalue weighted by atomic mass is 10.0. The van der Waals surface area contributed by atoms with Crippen molar-refractivity contribution in [2.75, 3.05) is 59.0 Å². The number of nitrogens with zero attached hydrogens (tertiary/aromatic N) is 2. The highest BCUT2D eigenvalue weighted by atomic mass is 16.5. The molecule has 1 aromatic rings. The van der Waals surface area contributed by atoms with E-state index in [-0.39, 0.29) is 0 Å². The molecule has 2 aliphatic rings. The molecule has 2 fully saturated rings. The summed E-state index contributed by atoms with van der Waals surface area (Å²) in [5.74, 6) is 0.